The molecule has 0 atom stereocenters. The fourth-order valence-electron chi connectivity index (χ4n) is 1.64. The summed E-state index contributed by atoms with van der Waals surface area (Å²) in [7, 11) is 1.77. The average molecular weight is 200 g/mol. The molecule has 1 aliphatic rings. The number of ether oxygens (including phenoxy) is 1. The number of rotatable bonds is 9. The highest BCUT2D eigenvalue weighted by atomic mass is 16.5. The third-order valence-electron chi connectivity index (χ3n) is 2.84. The van der Waals surface area contributed by atoms with Gasteiger partial charge in [-0.05, 0) is 38.4 Å². The molecule has 1 aliphatic carbocycles. The Hall–Kier alpha value is -0.120. The van der Waals surface area contributed by atoms with Gasteiger partial charge in [-0.15, -0.1) is 0 Å². The van der Waals surface area contributed by atoms with Crippen molar-refractivity contribution in [2.45, 2.75) is 25.7 Å². The standard InChI is InChI=1S/C11H24N2O/c1-14-10-9-13(7-2-6-12)8-5-11-3-4-11/h11H,2-10,12H2,1H3. The average Bonchev–Trinajstić information content (AvgIpc) is 3.00. The van der Waals surface area contributed by atoms with E-state index < -0.39 is 0 Å². The Bertz CT molecular complexity index is 129. The molecule has 0 aliphatic heterocycles. The summed E-state index contributed by atoms with van der Waals surface area (Å²) in [6.45, 7) is 5.06. The minimum absolute atomic E-state index is 0.799. The smallest absolute Gasteiger partial charge is 0.0589 e. The highest BCUT2D eigenvalue weighted by Crippen LogP contribution is 2.32. The maximum atomic E-state index is 5.52. The summed E-state index contributed by atoms with van der Waals surface area (Å²) >= 11 is 0. The van der Waals surface area contributed by atoms with Gasteiger partial charge in [0, 0.05) is 13.7 Å². The maximum absolute atomic E-state index is 5.52. The first kappa shape index (κ1) is 12.0. The van der Waals surface area contributed by atoms with Gasteiger partial charge in [0.05, 0.1) is 6.61 Å². The summed E-state index contributed by atoms with van der Waals surface area (Å²) in [4.78, 5) is 2.48. The Balaban J connectivity index is 2.05. The van der Waals surface area contributed by atoms with Gasteiger partial charge in [-0.3, -0.25) is 0 Å². The van der Waals surface area contributed by atoms with Gasteiger partial charge in [0.15, 0.2) is 0 Å². The van der Waals surface area contributed by atoms with Crippen LogP contribution in [0.1, 0.15) is 25.7 Å². The van der Waals surface area contributed by atoms with E-state index in [1.807, 2.05) is 0 Å². The Morgan fingerprint density at radius 3 is 2.64 bits per heavy atom. The number of nitrogens with zero attached hydrogens (tertiary/aromatic N) is 1. The van der Waals surface area contributed by atoms with Gasteiger partial charge in [0.25, 0.3) is 0 Å². The molecule has 1 rings (SSSR count). The van der Waals surface area contributed by atoms with Crippen LogP contribution in [0.25, 0.3) is 0 Å². The molecule has 0 saturated heterocycles. The molecule has 0 heterocycles. The van der Waals surface area contributed by atoms with Crippen molar-refractivity contribution in [3.8, 4) is 0 Å². The van der Waals surface area contributed by atoms with E-state index in [0.29, 0.717) is 0 Å². The van der Waals surface area contributed by atoms with Crippen LogP contribution in [0.15, 0.2) is 0 Å². The molecule has 0 aromatic rings. The molecule has 0 radical (unpaired) electrons. The van der Waals surface area contributed by atoms with Crippen molar-refractivity contribution in [3.63, 3.8) is 0 Å². The Morgan fingerprint density at radius 2 is 2.07 bits per heavy atom. The summed E-state index contributed by atoms with van der Waals surface area (Å²) in [5.74, 6) is 1.03. The highest BCUT2D eigenvalue weighted by molar-refractivity contribution is 4.74. The first-order chi connectivity index (χ1) is 6.86. The van der Waals surface area contributed by atoms with Crippen LogP contribution in [0.4, 0.5) is 0 Å². The predicted octanol–water partition coefficient (Wildman–Crippen LogP) is 1.08. The predicted molar refractivity (Wildman–Crippen MR) is 59.3 cm³/mol. The number of nitrogens with two attached hydrogens (primary N) is 1. The molecule has 0 amide bonds. The van der Waals surface area contributed by atoms with E-state index >= 15 is 0 Å². The third-order valence-corrected chi connectivity index (χ3v) is 2.84. The number of hydrogen-bond donors (Lipinski definition) is 1. The van der Waals surface area contributed by atoms with Crippen LogP contribution >= 0.6 is 0 Å². The summed E-state index contributed by atoms with van der Waals surface area (Å²) in [5, 5.41) is 0. The molecular weight excluding hydrogens is 176 g/mol. The number of methoxy groups -OCH3 is 1. The molecular formula is C11H24N2O. The van der Waals surface area contributed by atoms with Crippen LogP contribution in [0.2, 0.25) is 0 Å². The Morgan fingerprint density at radius 1 is 1.29 bits per heavy atom. The van der Waals surface area contributed by atoms with Crippen molar-refractivity contribution in [3.05, 3.63) is 0 Å². The van der Waals surface area contributed by atoms with Gasteiger partial charge in [0.2, 0.25) is 0 Å². The summed E-state index contributed by atoms with van der Waals surface area (Å²) < 4.78 is 5.10. The zero-order chi connectivity index (χ0) is 10.2. The highest BCUT2D eigenvalue weighted by Gasteiger charge is 2.21. The second kappa shape index (κ2) is 7.21. The van der Waals surface area contributed by atoms with Crippen LogP contribution in [0.3, 0.4) is 0 Å². The quantitative estimate of drug-likeness (QED) is 0.605. The van der Waals surface area contributed by atoms with Gasteiger partial charge in [-0.25, -0.2) is 0 Å². The van der Waals surface area contributed by atoms with Gasteiger partial charge >= 0.3 is 0 Å². The molecule has 84 valence electrons. The van der Waals surface area contributed by atoms with Crippen LogP contribution in [0, 0.1) is 5.92 Å². The lowest BCUT2D eigenvalue weighted by atomic mass is 10.2. The molecule has 3 heteroatoms. The van der Waals surface area contributed by atoms with Crippen molar-refractivity contribution in [2.24, 2.45) is 11.7 Å². The fourth-order valence-corrected chi connectivity index (χ4v) is 1.64. The molecule has 1 saturated carbocycles. The largest absolute Gasteiger partial charge is 0.383 e. The molecule has 14 heavy (non-hydrogen) atoms. The first-order valence-corrected chi connectivity index (χ1v) is 5.78. The molecule has 1 fully saturated rings. The lowest BCUT2D eigenvalue weighted by molar-refractivity contribution is 0.145. The molecule has 2 N–H and O–H groups in total. The molecule has 0 spiro atoms. The van der Waals surface area contributed by atoms with Crippen molar-refractivity contribution in [2.75, 3.05) is 39.9 Å². The molecule has 0 unspecified atom stereocenters. The normalized spacial score (nSPS) is 16.5. The van der Waals surface area contributed by atoms with Crippen molar-refractivity contribution in [1.82, 2.24) is 4.90 Å². The number of hydrogen-bond acceptors (Lipinski definition) is 3. The van der Waals surface area contributed by atoms with Crippen molar-refractivity contribution >= 4 is 0 Å². The Labute approximate surface area is 87.6 Å². The van der Waals surface area contributed by atoms with Gasteiger partial charge in [0.1, 0.15) is 0 Å². The topological polar surface area (TPSA) is 38.5 Å². The van der Waals surface area contributed by atoms with E-state index in [0.717, 1.165) is 38.6 Å². The monoisotopic (exact) mass is 200 g/mol. The van der Waals surface area contributed by atoms with Crippen molar-refractivity contribution in [1.29, 1.82) is 0 Å². The second-order valence-corrected chi connectivity index (χ2v) is 4.21. The SMILES string of the molecule is COCCN(CCCN)CCC1CC1. The fraction of sp³-hybridized carbons (Fsp3) is 1.00. The van der Waals surface area contributed by atoms with Crippen LogP contribution in [0.5, 0.6) is 0 Å². The Kier molecular flexibility index (Phi) is 6.15. The molecule has 0 bridgehead atoms. The van der Waals surface area contributed by atoms with E-state index in [4.69, 9.17) is 10.5 Å². The van der Waals surface area contributed by atoms with Gasteiger partial charge < -0.3 is 15.4 Å². The lowest BCUT2D eigenvalue weighted by Gasteiger charge is -2.21. The summed E-state index contributed by atoms with van der Waals surface area (Å²) in [6.07, 6.45) is 5.38. The van der Waals surface area contributed by atoms with Crippen LogP contribution in [-0.4, -0.2) is 44.8 Å². The minimum Gasteiger partial charge on any atom is -0.383 e. The van der Waals surface area contributed by atoms with Crippen LogP contribution < -0.4 is 5.73 Å². The zero-order valence-corrected chi connectivity index (χ0v) is 9.37. The minimum atomic E-state index is 0.799. The zero-order valence-electron chi connectivity index (χ0n) is 9.37. The lowest BCUT2D eigenvalue weighted by Crippen LogP contribution is -2.31. The first-order valence-electron chi connectivity index (χ1n) is 5.78. The second-order valence-electron chi connectivity index (χ2n) is 4.21. The van der Waals surface area contributed by atoms with Gasteiger partial charge in [-0.1, -0.05) is 12.8 Å². The van der Waals surface area contributed by atoms with Crippen LogP contribution in [-0.2, 0) is 4.74 Å². The maximum Gasteiger partial charge on any atom is 0.0589 e. The van der Waals surface area contributed by atoms with E-state index in [9.17, 15) is 0 Å². The van der Waals surface area contributed by atoms with E-state index in [1.165, 1.54) is 25.8 Å². The van der Waals surface area contributed by atoms with E-state index in [2.05, 4.69) is 4.90 Å². The molecule has 3 nitrogen and oxygen atoms in total. The van der Waals surface area contributed by atoms with E-state index in [-0.39, 0.29) is 0 Å². The van der Waals surface area contributed by atoms with Gasteiger partial charge in [-0.2, -0.15) is 0 Å². The van der Waals surface area contributed by atoms with Crippen molar-refractivity contribution < 1.29 is 4.74 Å². The molecule has 0 aromatic carbocycles. The summed E-state index contributed by atoms with van der Waals surface area (Å²) in [6, 6.07) is 0. The van der Waals surface area contributed by atoms with E-state index in [1.54, 1.807) is 7.11 Å². The summed E-state index contributed by atoms with van der Waals surface area (Å²) in [5.41, 5.74) is 5.52. The molecule has 0 aromatic heterocycles. The third kappa shape index (κ3) is 5.58.